The van der Waals surface area contributed by atoms with Gasteiger partial charge in [0.1, 0.15) is 11.6 Å². The van der Waals surface area contributed by atoms with Crippen LogP contribution >= 0.6 is 11.3 Å². The van der Waals surface area contributed by atoms with Crippen LogP contribution in [-0.2, 0) is 19.3 Å². The molecule has 0 spiro atoms. The normalized spacial score (nSPS) is 14.0. The maximum absolute atomic E-state index is 12.4. The number of amides is 1. The number of fused-ring (bicyclic) bond motifs is 1. The number of carbonyl (C=O) groups is 1. The number of nitrogens with zero attached hydrogens (tertiary/aromatic N) is 2. The van der Waals surface area contributed by atoms with Gasteiger partial charge >= 0.3 is 0 Å². The van der Waals surface area contributed by atoms with E-state index in [2.05, 4.69) is 27.6 Å². The minimum absolute atomic E-state index is 0.0554. The lowest BCUT2D eigenvalue weighted by Gasteiger charge is -2.07. The van der Waals surface area contributed by atoms with Crippen LogP contribution in [0.5, 0.6) is 0 Å². The highest BCUT2D eigenvalue weighted by molar-refractivity contribution is 7.14. The third-order valence-electron chi connectivity index (χ3n) is 5.09. The van der Waals surface area contributed by atoms with E-state index >= 15 is 0 Å². The summed E-state index contributed by atoms with van der Waals surface area (Å²) in [6.07, 6.45) is 10.9. The van der Waals surface area contributed by atoms with Crippen LogP contribution in [0.15, 0.2) is 6.07 Å². The molecule has 1 amide bonds. The molecule has 27 heavy (non-hydrogen) atoms. The predicted octanol–water partition coefficient (Wildman–Crippen LogP) is 3.73. The smallest absolute Gasteiger partial charge is 0.261 e. The lowest BCUT2D eigenvalue weighted by atomic mass is 10.00. The van der Waals surface area contributed by atoms with Crippen molar-refractivity contribution in [3.05, 3.63) is 32.6 Å². The van der Waals surface area contributed by atoms with Gasteiger partial charge in [-0.3, -0.25) is 9.89 Å². The Morgan fingerprint density at radius 1 is 1.26 bits per heavy atom. The standard InChI is InChI=1S/C20H27N5OS/c21-13-15-16(24-25-19(15)22)9-5-3-7-11-23-20(26)18-12-14-8-4-1-2-6-10-17(14)27-18/h12H,1-11H2,(H,23,26)(H3,22,24,25). The molecule has 2 heterocycles. The summed E-state index contributed by atoms with van der Waals surface area (Å²) in [4.78, 5) is 14.7. The number of anilines is 1. The zero-order chi connectivity index (χ0) is 19.1. The van der Waals surface area contributed by atoms with Gasteiger partial charge in [-0.15, -0.1) is 11.3 Å². The van der Waals surface area contributed by atoms with Crippen LogP contribution in [0.2, 0.25) is 0 Å². The van der Waals surface area contributed by atoms with Crippen LogP contribution in [0.4, 0.5) is 5.82 Å². The summed E-state index contributed by atoms with van der Waals surface area (Å²) in [6, 6.07) is 4.19. The molecule has 0 fully saturated rings. The molecule has 1 aliphatic carbocycles. The van der Waals surface area contributed by atoms with Gasteiger partial charge in [-0.2, -0.15) is 10.4 Å². The van der Waals surface area contributed by atoms with Crippen molar-refractivity contribution >= 4 is 23.1 Å². The highest BCUT2D eigenvalue weighted by Crippen LogP contribution is 2.28. The molecule has 1 aliphatic rings. The first-order valence-corrected chi connectivity index (χ1v) is 10.6. The summed E-state index contributed by atoms with van der Waals surface area (Å²) >= 11 is 1.67. The quantitative estimate of drug-likeness (QED) is 0.631. The van der Waals surface area contributed by atoms with E-state index in [9.17, 15) is 4.79 Å². The summed E-state index contributed by atoms with van der Waals surface area (Å²) in [6.45, 7) is 0.678. The second-order valence-electron chi connectivity index (χ2n) is 7.11. The fourth-order valence-corrected chi connectivity index (χ4v) is 4.72. The van der Waals surface area contributed by atoms with Crippen molar-refractivity contribution in [2.45, 2.75) is 64.2 Å². The van der Waals surface area contributed by atoms with Crippen LogP contribution in [0.25, 0.3) is 0 Å². The number of nitrogens with two attached hydrogens (primary N) is 1. The molecule has 0 saturated carbocycles. The highest BCUT2D eigenvalue weighted by atomic mass is 32.1. The van der Waals surface area contributed by atoms with E-state index in [1.165, 1.54) is 36.1 Å². The van der Waals surface area contributed by atoms with E-state index in [1.807, 2.05) is 0 Å². The average molecular weight is 386 g/mol. The molecule has 0 atom stereocenters. The van der Waals surface area contributed by atoms with E-state index in [0.717, 1.165) is 49.1 Å². The Labute approximate surface area is 164 Å². The van der Waals surface area contributed by atoms with Gasteiger partial charge in [0.15, 0.2) is 5.82 Å². The Balaban J connectivity index is 1.38. The molecule has 4 N–H and O–H groups in total. The molecule has 0 aromatic carbocycles. The number of hydrogen-bond donors (Lipinski definition) is 3. The summed E-state index contributed by atoms with van der Waals surface area (Å²) in [5.74, 6) is 0.324. The van der Waals surface area contributed by atoms with E-state index in [0.29, 0.717) is 12.1 Å². The van der Waals surface area contributed by atoms with Crippen molar-refractivity contribution in [1.29, 1.82) is 5.26 Å². The van der Waals surface area contributed by atoms with Crippen molar-refractivity contribution in [1.82, 2.24) is 15.5 Å². The van der Waals surface area contributed by atoms with Crippen LogP contribution in [-0.4, -0.2) is 22.6 Å². The van der Waals surface area contributed by atoms with Gasteiger partial charge in [-0.05, 0) is 56.6 Å². The monoisotopic (exact) mass is 385 g/mol. The fraction of sp³-hybridized carbons (Fsp3) is 0.550. The molecule has 0 radical (unpaired) electrons. The number of hydrogen-bond acceptors (Lipinski definition) is 5. The topological polar surface area (TPSA) is 108 Å². The maximum atomic E-state index is 12.4. The molecule has 0 saturated heterocycles. The van der Waals surface area contributed by atoms with Gasteiger partial charge in [0.05, 0.1) is 10.6 Å². The Morgan fingerprint density at radius 2 is 2.07 bits per heavy atom. The highest BCUT2D eigenvalue weighted by Gasteiger charge is 2.15. The first kappa shape index (κ1) is 19.4. The number of nitrogens with one attached hydrogen (secondary N) is 2. The molecule has 144 valence electrons. The van der Waals surface area contributed by atoms with Crippen molar-refractivity contribution in [2.75, 3.05) is 12.3 Å². The maximum Gasteiger partial charge on any atom is 0.261 e. The molecule has 2 aromatic rings. The minimum Gasteiger partial charge on any atom is -0.381 e. The summed E-state index contributed by atoms with van der Waals surface area (Å²) < 4.78 is 0. The number of aromatic amines is 1. The van der Waals surface area contributed by atoms with Crippen LogP contribution < -0.4 is 11.1 Å². The molecule has 6 nitrogen and oxygen atoms in total. The lowest BCUT2D eigenvalue weighted by Crippen LogP contribution is -2.23. The number of nitrogen functional groups attached to an aromatic ring is 1. The second-order valence-corrected chi connectivity index (χ2v) is 8.25. The number of unbranched alkanes of at least 4 members (excludes halogenated alkanes) is 2. The van der Waals surface area contributed by atoms with Gasteiger partial charge in [-0.1, -0.05) is 19.3 Å². The van der Waals surface area contributed by atoms with Gasteiger partial charge in [0.2, 0.25) is 0 Å². The summed E-state index contributed by atoms with van der Waals surface area (Å²) in [5.41, 5.74) is 8.28. The van der Waals surface area contributed by atoms with E-state index in [-0.39, 0.29) is 11.7 Å². The third kappa shape index (κ3) is 5.10. The van der Waals surface area contributed by atoms with Crippen LogP contribution in [0.1, 0.15) is 76.3 Å². The minimum atomic E-state index is 0.0554. The molecule has 0 aliphatic heterocycles. The molecule has 0 bridgehead atoms. The second kappa shape index (κ2) is 9.56. The fourth-order valence-electron chi connectivity index (χ4n) is 3.55. The first-order chi connectivity index (χ1) is 13.2. The molecule has 3 rings (SSSR count). The van der Waals surface area contributed by atoms with Gasteiger partial charge < -0.3 is 11.1 Å². The molecular formula is C20H27N5OS. The number of nitriles is 1. The first-order valence-electron chi connectivity index (χ1n) is 9.81. The van der Waals surface area contributed by atoms with Crippen LogP contribution in [0, 0.1) is 11.3 Å². The largest absolute Gasteiger partial charge is 0.381 e. The summed E-state index contributed by atoms with van der Waals surface area (Å²) in [5, 5.41) is 18.8. The van der Waals surface area contributed by atoms with E-state index in [1.54, 1.807) is 11.3 Å². The van der Waals surface area contributed by atoms with Crippen molar-refractivity contribution in [3.63, 3.8) is 0 Å². The number of aryl methyl sites for hydroxylation is 3. The Kier molecular flexibility index (Phi) is 6.88. The van der Waals surface area contributed by atoms with Gasteiger partial charge in [-0.25, -0.2) is 0 Å². The van der Waals surface area contributed by atoms with Crippen molar-refractivity contribution in [2.24, 2.45) is 0 Å². The number of aromatic nitrogens is 2. The van der Waals surface area contributed by atoms with Gasteiger partial charge in [0, 0.05) is 11.4 Å². The molecular weight excluding hydrogens is 358 g/mol. The van der Waals surface area contributed by atoms with Gasteiger partial charge in [0.25, 0.3) is 5.91 Å². The molecule has 2 aromatic heterocycles. The lowest BCUT2D eigenvalue weighted by molar-refractivity contribution is 0.0957. The van der Waals surface area contributed by atoms with Crippen molar-refractivity contribution in [3.8, 4) is 6.07 Å². The number of H-pyrrole nitrogens is 1. The Bertz CT molecular complexity index is 791. The van der Waals surface area contributed by atoms with E-state index < -0.39 is 0 Å². The number of carbonyl (C=O) groups excluding carboxylic acids is 1. The van der Waals surface area contributed by atoms with Crippen LogP contribution in [0.3, 0.4) is 0 Å². The zero-order valence-electron chi connectivity index (χ0n) is 15.6. The van der Waals surface area contributed by atoms with E-state index in [4.69, 9.17) is 11.0 Å². The third-order valence-corrected chi connectivity index (χ3v) is 6.33. The molecule has 7 heteroatoms. The number of rotatable bonds is 7. The Morgan fingerprint density at radius 3 is 2.89 bits per heavy atom. The molecule has 0 unspecified atom stereocenters. The predicted molar refractivity (Wildman–Crippen MR) is 108 cm³/mol. The SMILES string of the molecule is N#Cc1c(N)n[nH]c1CCCCCNC(=O)c1cc2c(s1)CCCCCC2. The Hall–Kier alpha value is -2.33. The number of thiophene rings is 1. The zero-order valence-corrected chi connectivity index (χ0v) is 16.5. The summed E-state index contributed by atoms with van der Waals surface area (Å²) in [7, 11) is 0. The average Bonchev–Trinajstić information content (AvgIpc) is 3.20. The van der Waals surface area contributed by atoms with Crippen molar-refractivity contribution < 1.29 is 4.79 Å².